The molecule has 17 heavy (non-hydrogen) atoms. The van der Waals surface area contributed by atoms with Crippen molar-refractivity contribution in [3.8, 4) is 0 Å². The lowest BCUT2D eigenvalue weighted by Crippen LogP contribution is -2.39. The largest absolute Gasteiger partial charge is 0.350 e. The molecule has 0 saturated heterocycles. The minimum Gasteiger partial charge on any atom is -0.350 e. The van der Waals surface area contributed by atoms with E-state index in [-0.39, 0.29) is 23.4 Å². The molecule has 92 valence electrons. The second kappa shape index (κ2) is 4.94. The molecule has 0 heterocycles. The van der Waals surface area contributed by atoms with Crippen molar-refractivity contribution in [3.05, 3.63) is 34.6 Å². The van der Waals surface area contributed by atoms with E-state index in [9.17, 15) is 9.18 Å². The van der Waals surface area contributed by atoms with Crippen LogP contribution in [0.2, 0.25) is 5.02 Å². The maximum atomic E-state index is 13.5. The number of carbonyl (C=O) groups is 1. The summed E-state index contributed by atoms with van der Waals surface area (Å²) in [5.74, 6) is -0.620. The van der Waals surface area contributed by atoms with Crippen molar-refractivity contribution in [2.45, 2.75) is 24.8 Å². The van der Waals surface area contributed by atoms with Gasteiger partial charge < -0.3 is 5.32 Å². The Morgan fingerprint density at radius 3 is 2.76 bits per heavy atom. The van der Waals surface area contributed by atoms with Crippen molar-refractivity contribution in [2.75, 3.05) is 5.33 Å². The van der Waals surface area contributed by atoms with Gasteiger partial charge in [0.2, 0.25) is 5.91 Å². The monoisotopic (exact) mass is 319 g/mol. The third-order valence-corrected chi connectivity index (χ3v) is 4.34. The third kappa shape index (κ3) is 2.99. The van der Waals surface area contributed by atoms with Crippen LogP contribution in [-0.2, 0) is 11.2 Å². The van der Waals surface area contributed by atoms with Crippen LogP contribution >= 0.6 is 27.5 Å². The Labute approximate surface area is 113 Å². The molecule has 2 rings (SSSR count). The molecule has 1 saturated carbocycles. The predicted octanol–water partition coefficient (Wildman–Crippen LogP) is 3.07. The van der Waals surface area contributed by atoms with E-state index in [0.29, 0.717) is 5.02 Å². The van der Waals surface area contributed by atoms with Gasteiger partial charge >= 0.3 is 0 Å². The lowest BCUT2D eigenvalue weighted by atomic mass is 10.1. The number of amides is 1. The van der Waals surface area contributed by atoms with Gasteiger partial charge in [-0.1, -0.05) is 33.6 Å². The Balaban J connectivity index is 2.03. The Morgan fingerprint density at radius 2 is 2.24 bits per heavy atom. The van der Waals surface area contributed by atoms with Gasteiger partial charge in [0.1, 0.15) is 5.82 Å². The summed E-state index contributed by atoms with van der Waals surface area (Å²) in [5, 5.41) is 3.94. The lowest BCUT2D eigenvalue weighted by molar-refractivity contribution is -0.121. The number of alkyl halides is 1. The van der Waals surface area contributed by atoms with E-state index in [1.807, 2.05) is 0 Å². The summed E-state index contributed by atoms with van der Waals surface area (Å²) in [4.78, 5) is 11.8. The van der Waals surface area contributed by atoms with Crippen molar-refractivity contribution in [1.82, 2.24) is 5.32 Å². The first kappa shape index (κ1) is 12.8. The minimum atomic E-state index is -0.434. The zero-order valence-electron chi connectivity index (χ0n) is 9.10. The van der Waals surface area contributed by atoms with Crippen molar-refractivity contribution in [3.63, 3.8) is 0 Å². The smallest absolute Gasteiger partial charge is 0.225 e. The van der Waals surface area contributed by atoms with E-state index >= 15 is 0 Å². The molecule has 0 aromatic heterocycles. The van der Waals surface area contributed by atoms with Crippen molar-refractivity contribution >= 4 is 33.4 Å². The van der Waals surface area contributed by atoms with Gasteiger partial charge in [-0.25, -0.2) is 4.39 Å². The molecular weight excluding hydrogens is 308 g/mol. The van der Waals surface area contributed by atoms with Gasteiger partial charge in [0.15, 0.2) is 0 Å². The van der Waals surface area contributed by atoms with Crippen LogP contribution in [0, 0.1) is 5.82 Å². The van der Waals surface area contributed by atoms with Crippen molar-refractivity contribution < 1.29 is 9.18 Å². The fraction of sp³-hybridized carbons (Fsp3) is 0.417. The molecule has 1 fully saturated rings. The van der Waals surface area contributed by atoms with Crippen LogP contribution in [0.4, 0.5) is 4.39 Å². The number of hydrogen-bond acceptors (Lipinski definition) is 1. The van der Waals surface area contributed by atoms with Crippen LogP contribution in [0.1, 0.15) is 18.4 Å². The van der Waals surface area contributed by atoms with Gasteiger partial charge in [-0.3, -0.25) is 4.79 Å². The first-order chi connectivity index (χ1) is 8.06. The van der Waals surface area contributed by atoms with E-state index in [4.69, 9.17) is 11.6 Å². The summed E-state index contributed by atoms with van der Waals surface area (Å²) < 4.78 is 13.5. The van der Waals surface area contributed by atoms with Crippen LogP contribution in [0.3, 0.4) is 0 Å². The molecule has 0 aliphatic heterocycles. The average molecular weight is 321 g/mol. The Hall–Kier alpha value is -0.610. The highest BCUT2D eigenvalue weighted by atomic mass is 79.9. The number of benzene rings is 1. The van der Waals surface area contributed by atoms with Gasteiger partial charge in [-0.2, -0.15) is 0 Å². The topological polar surface area (TPSA) is 29.1 Å². The van der Waals surface area contributed by atoms with Gasteiger partial charge in [-0.05, 0) is 25.0 Å². The van der Waals surface area contributed by atoms with E-state index in [0.717, 1.165) is 18.2 Å². The summed E-state index contributed by atoms with van der Waals surface area (Å²) in [6, 6.07) is 4.43. The third-order valence-electron chi connectivity index (χ3n) is 2.91. The van der Waals surface area contributed by atoms with E-state index < -0.39 is 5.82 Å². The average Bonchev–Trinajstić information content (AvgIpc) is 3.04. The van der Waals surface area contributed by atoms with Crippen molar-refractivity contribution in [2.24, 2.45) is 0 Å². The highest BCUT2D eigenvalue weighted by molar-refractivity contribution is 9.09. The Bertz CT molecular complexity index is 428. The van der Waals surface area contributed by atoms with Gasteiger partial charge in [-0.15, -0.1) is 0 Å². The highest BCUT2D eigenvalue weighted by Crippen LogP contribution is 2.37. The molecule has 0 bridgehead atoms. The molecule has 1 amide bonds. The SMILES string of the molecule is O=C(Cc1c(F)cccc1Cl)NC1(CBr)CC1. The van der Waals surface area contributed by atoms with Crippen LogP contribution in [0.5, 0.6) is 0 Å². The van der Waals surface area contributed by atoms with Crippen LogP contribution in [0.25, 0.3) is 0 Å². The van der Waals surface area contributed by atoms with Crippen LogP contribution < -0.4 is 5.32 Å². The standard InChI is InChI=1S/C12H12BrClFNO/c13-7-12(4-5-12)16-11(17)6-8-9(14)2-1-3-10(8)15/h1-3H,4-7H2,(H,16,17). The van der Waals surface area contributed by atoms with Crippen LogP contribution in [-0.4, -0.2) is 16.8 Å². The first-order valence-electron chi connectivity index (χ1n) is 5.36. The normalized spacial score (nSPS) is 16.6. The predicted molar refractivity (Wildman–Crippen MR) is 69.0 cm³/mol. The molecule has 0 atom stereocenters. The fourth-order valence-corrected chi connectivity index (χ4v) is 2.58. The number of halogens is 3. The Morgan fingerprint density at radius 1 is 1.53 bits per heavy atom. The maximum absolute atomic E-state index is 13.5. The summed E-state index contributed by atoms with van der Waals surface area (Å²) in [6.45, 7) is 0. The number of nitrogens with one attached hydrogen (secondary N) is 1. The molecule has 0 radical (unpaired) electrons. The molecule has 1 aliphatic carbocycles. The number of hydrogen-bond donors (Lipinski definition) is 1. The van der Waals surface area contributed by atoms with Crippen LogP contribution in [0.15, 0.2) is 18.2 Å². The van der Waals surface area contributed by atoms with Gasteiger partial charge in [0, 0.05) is 21.5 Å². The second-order valence-electron chi connectivity index (χ2n) is 4.34. The number of rotatable bonds is 4. The molecule has 2 nitrogen and oxygen atoms in total. The number of carbonyl (C=O) groups excluding carboxylic acids is 1. The molecule has 1 aromatic carbocycles. The second-order valence-corrected chi connectivity index (χ2v) is 5.31. The molecule has 5 heteroatoms. The van der Waals surface area contributed by atoms with E-state index in [1.54, 1.807) is 6.07 Å². The molecule has 1 aliphatic rings. The maximum Gasteiger partial charge on any atom is 0.225 e. The molecule has 0 spiro atoms. The minimum absolute atomic E-state index is 0.0136. The quantitative estimate of drug-likeness (QED) is 0.849. The summed E-state index contributed by atoms with van der Waals surface area (Å²) in [6.07, 6.45) is 1.92. The molecular formula is C12H12BrClFNO. The van der Waals surface area contributed by atoms with E-state index in [1.165, 1.54) is 12.1 Å². The van der Waals surface area contributed by atoms with Crippen molar-refractivity contribution in [1.29, 1.82) is 0 Å². The fourth-order valence-electron chi connectivity index (χ4n) is 1.64. The zero-order valence-corrected chi connectivity index (χ0v) is 11.4. The zero-order chi connectivity index (χ0) is 12.5. The molecule has 1 aromatic rings. The lowest BCUT2D eigenvalue weighted by Gasteiger charge is -2.14. The van der Waals surface area contributed by atoms with Gasteiger partial charge in [0.25, 0.3) is 0 Å². The highest BCUT2D eigenvalue weighted by Gasteiger charge is 2.42. The summed E-state index contributed by atoms with van der Waals surface area (Å²) >= 11 is 9.23. The molecule has 1 N–H and O–H groups in total. The van der Waals surface area contributed by atoms with Gasteiger partial charge in [0.05, 0.1) is 6.42 Å². The van der Waals surface area contributed by atoms with E-state index in [2.05, 4.69) is 21.2 Å². The summed E-state index contributed by atoms with van der Waals surface area (Å²) in [5.41, 5.74) is 0.145. The Kier molecular flexibility index (Phi) is 3.73. The summed E-state index contributed by atoms with van der Waals surface area (Å²) in [7, 11) is 0. The molecule has 0 unspecified atom stereocenters. The first-order valence-corrected chi connectivity index (χ1v) is 6.86.